The van der Waals surface area contributed by atoms with Gasteiger partial charge in [-0.2, -0.15) is 0 Å². The van der Waals surface area contributed by atoms with Gasteiger partial charge in [0.15, 0.2) is 0 Å². The number of ether oxygens (including phenoxy) is 1. The highest BCUT2D eigenvalue weighted by atomic mass is 16.6. The molecule has 4 nitrogen and oxygen atoms in total. The quantitative estimate of drug-likeness (QED) is 0.784. The highest BCUT2D eigenvalue weighted by Crippen LogP contribution is 2.15. The summed E-state index contributed by atoms with van der Waals surface area (Å²) < 4.78 is 5.23. The summed E-state index contributed by atoms with van der Waals surface area (Å²) in [5.74, 6) is -0.360. The van der Waals surface area contributed by atoms with Gasteiger partial charge in [-0.3, -0.25) is 0 Å². The average molecular weight is 237 g/mol. The van der Waals surface area contributed by atoms with Crippen molar-refractivity contribution in [3.05, 3.63) is 35.4 Å². The SMILES string of the molecule is CC(C)(C)OC(=O)c1ccc([C@H](N)CO)cc1. The van der Waals surface area contributed by atoms with Gasteiger partial charge >= 0.3 is 5.97 Å². The van der Waals surface area contributed by atoms with Crippen molar-refractivity contribution in [3.63, 3.8) is 0 Å². The highest BCUT2D eigenvalue weighted by Gasteiger charge is 2.17. The molecule has 1 atom stereocenters. The van der Waals surface area contributed by atoms with E-state index in [2.05, 4.69) is 0 Å². The van der Waals surface area contributed by atoms with Crippen LogP contribution in [0.1, 0.15) is 42.7 Å². The van der Waals surface area contributed by atoms with Crippen LogP contribution in [0.3, 0.4) is 0 Å². The van der Waals surface area contributed by atoms with Gasteiger partial charge < -0.3 is 15.6 Å². The molecule has 0 aliphatic carbocycles. The summed E-state index contributed by atoms with van der Waals surface area (Å²) in [6.07, 6.45) is 0. The third kappa shape index (κ3) is 4.17. The van der Waals surface area contributed by atoms with Crippen LogP contribution in [0.25, 0.3) is 0 Å². The van der Waals surface area contributed by atoms with E-state index in [1.165, 1.54) is 0 Å². The summed E-state index contributed by atoms with van der Waals surface area (Å²) in [7, 11) is 0. The third-order valence-corrected chi connectivity index (χ3v) is 2.17. The lowest BCUT2D eigenvalue weighted by atomic mass is 10.1. The summed E-state index contributed by atoms with van der Waals surface area (Å²) in [6, 6.07) is 6.33. The van der Waals surface area contributed by atoms with Crippen molar-refractivity contribution in [2.24, 2.45) is 5.73 Å². The maximum absolute atomic E-state index is 11.7. The molecular weight excluding hydrogens is 218 g/mol. The Morgan fingerprint density at radius 2 is 1.88 bits per heavy atom. The largest absolute Gasteiger partial charge is 0.456 e. The molecule has 4 heteroatoms. The van der Waals surface area contributed by atoms with Crippen molar-refractivity contribution in [3.8, 4) is 0 Å². The van der Waals surface area contributed by atoms with E-state index in [0.717, 1.165) is 5.56 Å². The Labute approximate surface area is 101 Å². The summed E-state index contributed by atoms with van der Waals surface area (Å²) >= 11 is 0. The van der Waals surface area contributed by atoms with Gasteiger partial charge in [0.25, 0.3) is 0 Å². The van der Waals surface area contributed by atoms with Gasteiger partial charge in [0, 0.05) is 0 Å². The second kappa shape index (κ2) is 5.29. The van der Waals surface area contributed by atoms with E-state index in [9.17, 15) is 4.79 Å². The molecule has 0 aliphatic rings. The first-order valence-corrected chi connectivity index (χ1v) is 5.53. The Morgan fingerprint density at radius 1 is 1.35 bits per heavy atom. The van der Waals surface area contributed by atoms with Gasteiger partial charge in [-0.1, -0.05) is 12.1 Å². The van der Waals surface area contributed by atoms with E-state index >= 15 is 0 Å². The lowest BCUT2D eigenvalue weighted by Gasteiger charge is -2.19. The van der Waals surface area contributed by atoms with Crippen LogP contribution in [0.15, 0.2) is 24.3 Å². The first-order valence-electron chi connectivity index (χ1n) is 5.53. The van der Waals surface area contributed by atoms with Gasteiger partial charge in [0.05, 0.1) is 18.2 Å². The molecule has 94 valence electrons. The first kappa shape index (κ1) is 13.7. The Kier molecular flexibility index (Phi) is 4.26. The fourth-order valence-electron chi connectivity index (χ4n) is 1.31. The second-order valence-electron chi connectivity index (χ2n) is 4.91. The van der Waals surface area contributed by atoms with Crippen LogP contribution < -0.4 is 5.73 Å². The number of nitrogens with two attached hydrogens (primary N) is 1. The molecular formula is C13H19NO3. The molecule has 0 heterocycles. The molecule has 0 aromatic heterocycles. The minimum absolute atomic E-state index is 0.119. The van der Waals surface area contributed by atoms with Crippen LogP contribution in [0.2, 0.25) is 0 Å². The smallest absolute Gasteiger partial charge is 0.338 e. The Morgan fingerprint density at radius 3 is 2.29 bits per heavy atom. The van der Waals surface area contributed by atoms with Crippen LogP contribution >= 0.6 is 0 Å². The van der Waals surface area contributed by atoms with Gasteiger partial charge in [0.1, 0.15) is 5.60 Å². The van der Waals surface area contributed by atoms with E-state index in [0.29, 0.717) is 5.56 Å². The minimum atomic E-state index is -0.503. The number of carbonyl (C=O) groups excluding carboxylic acids is 1. The maximum atomic E-state index is 11.7. The number of aliphatic hydroxyl groups excluding tert-OH is 1. The molecule has 1 aromatic rings. The van der Waals surface area contributed by atoms with Gasteiger partial charge in [-0.25, -0.2) is 4.79 Å². The summed E-state index contributed by atoms with van der Waals surface area (Å²) in [5.41, 5.74) is 6.43. The van der Waals surface area contributed by atoms with E-state index in [1.54, 1.807) is 24.3 Å². The zero-order valence-electron chi connectivity index (χ0n) is 10.4. The highest BCUT2D eigenvalue weighted by molar-refractivity contribution is 5.89. The first-order chi connectivity index (χ1) is 7.83. The molecule has 0 spiro atoms. The summed E-state index contributed by atoms with van der Waals surface area (Å²) in [6.45, 7) is 5.34. The maximum Gasteiger partial charge on any atom is 0.338 e. The number of esters is 1. The van der Waals surface area contributed by atoms with E-state index in [4.69, 9.17) is 15.6 Å². The van der Waals surface area contributed by atoms with Crippen molar-refractivity contribution in [2.75, 3.05) is 6.61 Å². The lowest BCUT2D eigenvalue weighted by molar-refractivity contribution is 0.00695. The normalized spacial score (nSPS) is 13.2. The molecule has 1 rings (SSSR count). The standard InChI is InChI=1S/C13H19NO3/c1-13(2,3)17-12(16)10-6-4-9(5-7-10)11(14)8-15/h4-7,11,15H,8,14H2,1-3H3/t11-/m1/s1. The van der Waals surface area contributed by atoms with Crippen molar-refractivity contribution in [1.82, 2.24) is 0 Å². The number of hydrogen-bond donors (Lipinski definition) is 2. The second-order valence-corrected chi connectivity index (χ2v) is 4.91. The number of hydrogen-bond acceptors (Lipinski definition) is 4. The number of benzene rings is 1. The van der Waals surface area contributed by atoms with Crippen molar-refractivity contribution >= 4 is 5.97 Å². The van der Waals surface area contributed by atoms with E-state index < -0.39 is 11.6 Å². The molecule has 0 fully saturated rings. The van der Waals surface area contributed by atoms with E-state index in [-0.39, 0.29) is 12.6 Å². The molecule has 0 amide bonds. The Bertz CT molecular complexity index is 379. The Balaban J connectivity index is 2.77. The molecule has 3 N–H and O–H groups in total. The molecule has 0 saturated heterocycles. The van der Waals surface area contributed by atoms with Crippen molar-refractivity contribution in [1.29, 1.82) is 0 Å². The van der Waals surface area contributed by atoms with Crippen molar-refractivity contribution < 1.29 is 14.6 Å². The van der Waals surface area contributed by atoms with Crippen LogP contribution in [-0.4, -0.2) is 23.3 Å². The van der Waals surface area contributed by atoms with Crippen LogP contribution in [0.5, 0.6) is 0 Å². The molecule has 17 heavy (non-hydrogen) atoms. The van der Waals surface area contributed by atoms with Gasteiger partial charge in [-0.05, 0) is 38.5 Å². The molecule has 0 aliphatic heterocycles. The fourth-order valence-corrected chi connectivity index (χ4v) is 1.31. The number of rotatable bonds is 3. The van der Waals surface area contributed by atoms with Crippen molar-refractivity contribution in [2.45, 2.75) is 32.4 Å². The fraction of sp³-hybridized carbons (Fsp3) is 0.462. The predicted molar refractivity (Wildman–Crippen MR) is 65.6 cm³/mol. The number of carbonyl (C=O) groups is 1. The monoisotopic (exact) mass is 237 g/mol. The molecule has 0 saturated carbocycles. The predicted octanol–water partition coefficient (Wildman–Crippen LogP) is 1.63. The minimum Gasteiger partial charge on any atom is -0.456 e. The van der Waals surface area contributed by atoms with Gasteiger partial charge in [0.2, 0.25) is 0 Å². The molecule has 0 unspecified atom stereocenters. The van der Waals surface area contributed by atoms with Crippen LogP contribution in [0.4, 0.5) is 0 Å². The zero-order chi connectivity index (χ0) is 13.1. The average Bonchev–Trinajstić information content (AvgIpc) is 2.26. The zero-order valence-corrected chi connectivity index (χ0v) is 10.4. The van der Waals surface area contributed by atoms with E-state index in [1.807, 2.05) is 20.8 Å². The Hall–Kier alpha value is -1.39. The third-order valence-electron chi connectivity index (χ3n) is 2.17. The van der Waals surface area contributed by atoms with Crippen LogP contribution in [0, 0.1) is 0 Å². The van der Waals surface area contributed by atoms with Gasteiger partial charge in [-0.15, -0.1) is 0 Å². The molecule has 0 radical (unpaired) electrons. The van der Waals surface area contributed by atoms with Crippen LogP contribution in [-0.2, 0) is 4.74 Å². The summed E-state index contributed by atoms with van der Waals surface area (Å²) in [4.78, 5) is 11.7. The summed E-state index contributed by atoms with van der Waals surface area (Å²) in [5, 5.41) is 8.90. The number of aliphatic hydroxyl groups is 1. The lowest BCUT2D eigenvalue weighted by Crippen LogP contribution is -2.24. The topological polar surface area (TPSA) is 72.5 Å². The molecule has 0 bridgehead atoms. The molecule has 1 aromatic carbocycles.